The van der Waals surface area contributed by atoms with Crippen molar-refractivity contribution in [2.45, 2.75) is 25.4 Å². The predicted octanol–water partition coefficient (Wildman–Crippen LogP) is -0.172. The SMILES string of the molecule is CNC1CC2CC2CN(Cc2ncncn2)C1=O. The van der Waals surface area contributed by atoms with Crippen molar-refractivity contribution in [3.63, 3.8) is 0 Å². The molecule has 1 aromatic heterocycles. The Kier molecular flexibility index (Phi) is 2.95. The maximum absolute atomic E-state index is 12.3. The number of nitrogens with zero attached hydrogens (tertiary/aromatic N) is 4. The van der Waals surface area contributed by atoms with Crippen LogP contribution >= 0.6 is 0 Å². The Morgan fingerprint density at radius 1 is 1.33 bits per heavy atom. The van der Waals surface area contributed by atoms with Gasteiger partial charge in [-0.25, -0.2) is 15.0 Å². The van der Waals surface area contributed by atoms with E-state index < -0.39 is 0 Å². The fourth-order valence-electron chi connectivity index (χ4n) is 2.72. The standard InChI is InChI=1S/C12H17N5O/c1-13-10-3-8-2-9(8)4-17(12(10)18)5-11-15-6-14-7-16-11/h6-10,13H,2-5H2,1H3. The molecule has 6 heteroatoms. The first-order valence-electron chi connectivity index (χ1n) is 6.35. The van der Waals surface area contributed by atoms with Crippen molar-refractivity contribution < 1.29 is 4.79 Å². The normalized spacial score (nSPS) is 30.8. The fourth-order valence-corrected chi connectivity index (χ4v) is 2.72. The molecule has 18 heavy (non-hydrogen) atoms. The van der Waals surface area contributed by atoms with E-state index in [1.54, 1.807) is 0 Å². The molecule has 6 nitrogen and oxygen atoms in total. The molecule has 3 rings (SSSR count). The van der Waals surface area contributed by atoms with Crippen LogP contribution in [0, 0.1) is 11.8 Å². The Morgan fingerprint density at radius 3 is 2.83 bits per heavy atom. The Hall–Kier alpha value is -1.56. The smallest absolute Gasteiger partial charge is 0.240 e. The van der Waals surface area contributed by atoms with Gasteiger partial charge in [-0.2, -0.15) is 0 Å². The zero-order valence-electron chi connectivity index (χ0n) is 10.4. The summed E-state index contributed by atoms with van der Waals surface area (Å²) in [6.07, 6.45) is 5.16. The van der Waals surface area contributed by atoms with Gasteiger partial charge >= 0.3 is 0 Å². The van der Waals surface area contributed by atoms with Gasteiger partial charge in [0.05, 0.1) is 12.6 Å². The first kappa shape index (κ1) is 11.5. The molecule has 2 heterocycles. The van der Waals surface area contributed by atoms with Crippen molar-refractivity contribution in [3.8, 4) is 0 Å². The largest absolute Gasteiger partial charge is 0.334 e. The second-order valence-corrected chi connectivity index (χ2v) is 5.11. The third-order valence-corrected chi connectivity index (χ3v) is 3.90. The Labute approximate surface area is 106 Å². The van der Waals surface area contributed by atoms with Crippen molar-refractivity contribution in [3.05, 3.63) is 18.5 Å². The summed E-state index contributed by atoms with van der Waals surface area (Å²) in [5, 5.41) is 3.12. The molecular formula is C12H17N5O. The molecule has 1 saturated carbocycles. The lowest BCUT2D eigenvalue weighted by molar-refractivity contribution is -0.133. The molecule has 1 N–H and O–H groups in total. The predicted molar refractivity (Wildman–Crippen MR) is 64.3 cm³/mol. The van der Waals surface area contributed by atoms with Crippen LogP contribution in [0.25, 0.3) is 0 Å². The Bertz CT molecular complexity index is 437. The lowest BCUT2D eigenvalue weighted by atomic mass is 10.1. The van der Waals surface area contributed by atoms with Crippen LogP contribution < -0.4 is 5.32 Å². The van der Waals surface area contributed by atoms with Gasteiger partial charge in [0.1, 0.15) is 12.7 Å². The molecule has 1 amide bonds. The topological polar surface area (TPSA) is 71.0 Å². The molecule has 0 radical (unpaired) electrons. The molecular weight excluding hydrogens is 230 g/mol. The summed E-state index contributed by atoms with van der Waals surface area (Å²) >= 11 is 0. The third kappa shape index (κ3) is 2.20. The molecule has 1 saturated heterocycles. The van der Waals surface area contributed by atoms with E-state index in [4.69, 9.17) is 0 Å². The highest BCUT2D eigenvalue weighted by Gasteiger charge is 2.45. The highest BCUT2D eigenvalue weighted by atomic mass is 16.2. The van der Waals surface area contributed by atoms with Crippen molar-refractivity contribution >= 4 is 5.91 Å². The van der Waals surface area contributed by atoms with Crippen LogP contribution in [-0.2, 0) is 11.3 Å². The number of fused-ring (bicyclic) bond motifs is 1. The van der Waals surface area contributed by atoms with Gasteiger partial charge in [0, 0.05) is 6.54 Å². The minimum absolute atomic E-state index is 0.0515. The zero-order chi connectivity index (χ0) is 12.5. The number of carbonyl (C=O) groups excluding carboxylic acids is 1. The Morgan fingerprint density at radius 2 is 2.11 bits per heavy atom. The summed E-state index contributed by atoms with van der Waals surface area (Å²) in [5.41, 5.74) is 0. The summed E-state index contributed by atoms with van der Waals surface area (Å²) in [6, 6.07) is -0.0515. The first-order valence-corrected chi connectivity index (χ1v) is 6.35. The van der Waals surface area contributed by atoms with Crippen LogP contribution in [0.3, 0.4) is 0 Å². The molecule has 0 aromatic carbocycles. The highest BCUT2D eigenvalue weighted by Crippen LogP contribution is 2.44. The molecule has 3 atom stereocenters. The molecule has 1 aliphatic carbocycles. The molecule has 2 aliphatic rings. The van der Waals surface area contributed by atoms with Crippen molar-refractivity contribution in [1.29, 1.82) is 0 Å². The zero-order valence-corrected chi connectivity index (χ0v) is 10.4. The van der Waals surface area contributed by atoms with Gasteiger partial charge in [-0.1, -0.05) is 0 Å². The number of likely N-dealkylation sites (N-methyl/N-ethyl adjacent to an activating group) is 1. The maximum atomic E-state index is 12.3. The van der Waals surface area contributed by atoms with E-state index in [1.807, 2.05) is 11.9 Å². The Balaban J connectivity index is 1.75. The van der Waals surface area contributed by atoms with Gasteiger partial charge in [-0.05, 0) is 31.7 Å². The summed E-state index contributed by atoms with van der Waals surface area (Å²) in [6.45, 7) is 1.33. The van der Waals surface area contributed by atoms with E-state index in [0.29, 0.717) is 18.3 Å². The van der Waals surface area contributed by atoms with Crippen LogP contribution in [0.5, 0.6) is 0 Å². The quantitative estimate of drug-likeness (QED) is 0.803. The second kappa shape index (κ2) is 4.61. The van der Waals surface area contributed by atoms with E-state index in [9.17, 15) is 4.79 Å². The lowest BCUT2D eigenvalue weighted by Crippen LogP contribution is -2.44. The minimum Gasteiger partial charge on any atom is -0.334 e. The van der Waals surface area contributed by atoms with E-state index >= 15 is 0 Å². The third-order valence-electron chi connectivity index (χ3n) is 3.90. The number of rotatable bonds is 3. The van der Waals surface area contributed by atoms with Crippen LogP contribution in [0.4, 0.5) is 0 Å². The van der Waals surface area contributed by atoms with Gasteiger partial charge in [-0.15, -0.1) is 0 Å². The highest BCUT2D eigenvalue weighted by molar-refractivity contribution is 5.82. The van der Waals surface area contributed by atoms with E-state index in [0.717, 1.165) is 18.9 Å². The molecule has 2 fully saturated rings. The number of aromatic nitrogens is 3. The van der Waals surface area contributed by atoms with Crippen molar-refractivity contribution in [1.82, 2.24) is 25.2 Å². The first-order chi connectivity index (χ1) is 8.78. The molecule has 96 valence electrons. The summed E-state index contributed by atoms with van der Waals surface area (Å²) in [5.74, 6) is 2.22. The number of likely N-dealkylation sites (tertiary alicyclic amines) is 1. The fraction of sp³-hybridized carbons (Fsp3) is 0.667. The monoisotopic (exact) mass is 247 g/mol. The maximum Gasteiger partial charge on any atom is 0.240 e. The number of carbonyl (C=O) groups is 1. The van der Waals surface area contributed by atoms with Gasteiger partial charge < -0.3 is 10.2 Å². The molecule has 3 unspecified atom stereocenters. The van der Waals surface area contributed by atoms with Crippen molar-refractivity contribution in [2.24, 2.45) is 11.8 Å². The molecule has 1 aliphatic heterocycles. The number of hydrogen-bond acceptors (Lipinski definition) is 5. The van der Waals surface area contributed by atoms with E-state index in [-0.39, 0.29) is 11.9 Å². The van der Waals surface area contributed by atoms with Gasteiger partial charge in [0.25, 0.3) is 0 Å². The second-order valence-electron chi connectivity index (χ2n) is 5.11. The minimum atomic E-state index is -0.0515. The van der Waals surface area contributed by atoms with Gasteiger partial charge in [0.15, 0.2) is 5.82 Å². The molecule has 0 spiro atoms. The average molecular weight is 247 g/mol. The lowest BCUT2D eigenvalue weighted by Gasteiger charge is -2.24. The van der Waals surface area contributed by atoms with Crippen LogP contribution in [0.1, 0.15) is 18.7 Å². The average Bonchev–Trinajstić information content (AvgIpc) is 3.14. The summed E-state index contributed by atoms with van der Waals surface area (Å²) < 4.78 is 0. The summed E-state index contributed by atoms with van der Waals surface area (Å²) in [4.78, 5) is 26.2. The summed E-state index contributed by atoms with van der Waals surface area (Å²) in [7, 11) is 1.85. The van der Waals surface area contributed by atoms with E-state index in [2.05, 4.69) is 20.3 Å². The van der Waals surface area contributed by atoms with Crippen LogP contribution in [0.2, 0.25) is 0 Å². The van der Waals surface area contributed by atoms with E-state index in [1.165, 1.54) is 19.1 Å². The van der Waals surface area contributed by atoms with Crippen LogP contribution in [0.15, 0.2) is 12.7 Å². The molecule has 0 bridgehead atoms. The van der Waals surface area contributed by atoms with Gasteiger partial charge in [-0.3, -0.25) is 4.79 Å². The number of hydrogen-bond donors (Lipinski definition) is 1. The number of nitrogens with one attached hydrogen (secondary N) is 1. The van der Waals surface area contributed by atoms with Crippen LogP contribution in [-0.4, -0.2) is 45.4 Å². The van der Waals surface area contributed by atoms with Gasteiger partial charge in [0.2, 0.25) is 5.91 Å². The van der Waals surface area contributed by atoms with Crippen molar-refractivity contribution in [2.75, 3.05) is 13.6 Å². The molecule has 1 aromatic rings. The number of amides is 1.